The Kier molecular flexibility index (Phi) is 35.8. The largest absolute Gasteiger partial charge is 0.456 e. The van der Waals surface area contributed by atoms with E-state index in [-0.39, 0.29) is 134 Å². The first-order valence-electron chi connectivity index (χ1n) is 42.9. The molecule has 0 spiro atoms. The maximum atomic E-state index is 13.6. The fraction of sp³-hybridized carbons (Fsp3) is 0.302. The lowest BCUT2D eigenvalue weighted by atomic mass is 10.1. The van der Waals surface area contributed by atoms with Crippen LogP contribution in [0.5, 0.6) is 46.0 Å². The maximum Gasteiger partial charge on any atom is 0.410 e. The van der Waals surface area contributed by atoms with Crippen molar-refractivity contribution >= 4 is 120 Å². The summed E-state index contributed by atoms with van der Waals surface area (Å²) in [6, 6.07) is 58.0. The molecule has 10 aromatic rings. The number of carbonyl (C=O) groups is 3. The quantitative estimate of drug-likeness (QED) is 0.0397. The van der Waals surface area contributed by atoms with Crippen LogP contribution in [0.15, 0.2) is 220 Å². The van der Waals surface area contributed by atoms with Crippen molar-refractivity contribution in [3.63, 3.8) is 0 Å². The van der Waals surface area contributed by atoms with E-state index in [0.29, 0.717) is 119 Å². The van der Waals surface area contributed by atoms with Crippen molar-refractivity contribution in [2.75, 3.05) is 63.9 Å². The van der Waals surface area contributed by atoms with Crippen LogP contribution in [0.3, 0.4) is 0 Å². The molecule has 41 heteroatoms. The van der Waals surface area contributed by atoms with E-state index in [1.807, 2.05) is 58.0 Å². The molecule has 4 fully saturated rings. The number of benzene rings is 10. The molecule has 0 aliphatic carbocycles. The summed E-state index contributed by atoms with van der Waals surface area (Å²) in [5.41, 5.74) is 4.46. The highest BCUT2D eigenvalue weighted by Gasteiger charge is 2.38. The minimum absolute atomic E-state index is 0.0791. The van der Waals surface area contributed by atoms with Gasteiger partial charge in [0.2, 0.25) is 50.1 Å². The summed E-state index contributed by atoms with van der Waals surface area (Å²) in [5, 5.41) is 47.4. The van der Waals surface area contributed by atoms with Gasteiger partial charge in [0.1, 0.15) is 77.0 Å². The number of nitrogens with one attached hydrogen (secondary N) is 5. The number of amides is 4. The number of nitriles is 4. The number of ether oxygens (including phenoxy) is 5. The molecule has 4 amide bonds. The first-order valence-corrected chi connectivity index (χ1v) is 52.1. The highest BCUT2D eigenvalue weighted by Crippen LogP contribution is 2.40. The molecule has 4 aliphatic heterocycles. The van der Waals surface area contributed by atoms with E-state index in [1.165, 1.54) is 104 Å². The summed E-state index contributed by atoms with van der Waals surface area (Å²) < 4.78 is 182. The molecule has 0 saturated carbocycles. The molecule has 10 aromatic carbocycles. The molecule has 4 aliphatic rings. The number of rotatable bonds is 23. The summed E-state index contributed by atoms with van der Waals surface area (Å²) in [6.45, 7) is 14.6. The minimum Gasteiger partial charge on any atom is -0.456 e. The van der Waals surface area contributed by atoms with E-state index in [9.17, 15) is 81.9 Å². The van der Waals surface area contributed by atoms with E-state index >= 15 is 0 Å². The van der Waals surface area contributed by atoms with Crippen LogP contribution in [-0.2, 0) is 54.9 Å². The van der Waals surface area contributed by atoms with Crippen LogP contribution in [0.4, 0.5) is 19.7 Å². The maximum absolute atomic E-state index is 13.6. The van der Waals surface area contributed by atoms with E-state index in [0.717, 1.165) is 28.5 Å². The predicted molar refractivity (Wildman–Crippen MR) is 517 cm³/mol. The lowest BCUT2D eigenvalue weighted by Crippen LogP contribution is -2.47. The third-order valence-electron chi connectivity index (χ3n) is 21.4. The van der Waals surface area contributed by atoms with Gasteiger partial charge in [0.05, 0.1) is 52.8 Å². The van der Waals surface area contributed by atoms with Crippen molar-refractivity contribution in [2.24, 2.45) is 0 Å². The van der Waals surface area contributed by atoms with E-state index in [4.69, 9.17) is 70.1 Å². The Hall–Kier alpha value is -12.0. The molecular weight excluding hydrogens is 1940 g/mol. The average molecular weight is 2040 g/mol. The Morgan fingerprint density at radius 2 is 0.723 bits per heavy atom. The van der Waals surface area contributed by atoms with Gasteiger partial charge in [-0.1, -0.05) is 70.7 Å². The molecule has 0 radical (unpaired) electrons. The second-order valence-electron chi connectivity index (χ2n) is 33.6. The predicted octanol–water partition coefficient (Wildman–Crippen LogP) is 18.3. The van der Waals surface area contributed by atoms with Crippen molar-refractivity contribution in [3.8, 4) is 70.3 Å². The molecule has 5 N–H and O–H groups in total. The van der Waals surface area contributed by atoms with Gasteiger partial charge in [-0.3, -0.25) is 4.79 Å². The molecule has 0 unspecified atom stereocenters. The molecule has 4 heterocycles. The third-order valence-corrected chi connectivity index (χ3v) is 30.3. The average Bonchev–Trinajstić information content (AvgIpc) is 0.792. The number of sulfonamides is 5. The van der Waals surface area contributed by atoms with Gasteiger partial charge in [-0.05, 0) is 298 Å². The molecule has 14 rings (SSSR count). The van der Waals surface area contributed by atoms with Crippen LogP contribution in [0.1, 0.15) is 127 Å². The van der Waals surface area contributed by atoms with Crippen LogP contribution in [0.2, 0.25) is 20.1 Å². The summed E-state index contributed by atoms with van der Waals surface area (Å²) >= 11 is 24.4. The zero-order valence-electron chi connectivity index (χ0n) is 75.5. The molecule has 31 nitrogen and oxygen atoms in total. The first-order chi connectivity index (χ1) is 64.7. The van der Waals surface area contributed by atoms with Gasteiger partial charge in [-0.2, -0.15) is 34.0 Å². The topological polar surface area (TPSA) is 436 Å². The van der Waals surface area contributed by atoms with E-state index < -0.39 is 73.7 Å². The summed E-state index contributed by atoms with van der Waals surface area (Å²) in [7, 11) is -19.4. The second-order valence-corrected chi connectivity index (χ2v) is 44.5. The molecule has 720 valence electrons. The van der Waals surface area contributed by atoms with Crippen molar-refractivity contribution in [2.45, 2.75) is 149 Å². The Morgan fingerprint density at radius 1 is 0.394 bits per heavy atom. The minimum atomic E-state index is -4.02. The molecule has 4 saturated heterocycles. The van der Waals surface area contributed by atoms with Crippen LogP contribution in [0.25, 0.3) is 0 Å². The van der Waals surface area contributed by atoms with Gasteiger partial charge in [-0.15, -0.1) is 0 Å². The Morgan fingerprint density at radius 3 is 1.06 bits per heavy atom. The number of anilines is 1. The number of halogens is 5. The van der Waals surface area contributed by atoms with Gasteiger partial charge < -0.3 is 44.5 Å². The Bertz CT molecular complexity index is 6850. The Labute approximate surface area is 817 Å². The highest BCUT2D eigenvalue weighted by atomic mass is 35.5. The zero-order valence-corrected chi connectivity index (χ0v) is 82.6. The summed E-state index contributed by atoms with van der Waals surface area (Å²) in [6.07, 6.45) is 3.89. The molecule has 0 aromatic heterocycles. The van der Waals surface area contributed by atoms with Crippen molar-refractivity contribution in [3.05, 3.63) is 276 Å². The zero-order chi connectivity index (χ0) is 99.5. The Balaban J connectivity index is 0.000000176. The van der Waals surface area contributed by atoms with Crippen LogP contribution in [0, 0.1) is 78.8 Å². The highest BCUT2D eigenvalue weighted by molar-refractivity contribution is 7.90. The van der Waals surface area contributed by atoms with Gasteiger partial charge >= 0.3 is 12.1 Å². The number of likely N-dealkylation sites (tertiary alicyclic amines) is 1. The number of hydrogen-bond donors (Lipinski definition) is 5. The van der Waals surface area contributed by atoms with Crippen LogP contribution >= 0.6 is 46.4 Å². The number of urea groups is 1. The fourth-order valence-electron chi connectivity index (χ4n) is 15.0. The second kappa shape index (κ2) is 46.4. The lowest BCUT2D eigenvalue weighted by Gasteiger charge is -2.33. The third kappa shape index (κ3) is 30.3. The summed E-state index contributed by atoms with van der Waals surface area (Å²) in [4.78, 5) is 38.1. The monoisotopic (exact) mass is 2040 g/mol. The van der Waals surface area contributed by atoms with Crippen molar-refractivity contribution in [1.29, 1.82) is 21.0 Å². The van der Waals surface area contributed by atoms with Crippen molar-refractivity contribution in [1.82, 2.24) is 37.9 Å². The van der Waals surface area contributed by atoms with E-state index in [2.05, 4.69) is 25.4 Å². The summed E-state index contributed by atoms with van der Waals surface area (Å²) in [5.74, 6) is 1.25. The van der Waals surface area contributed by atoms with Crippen LogP contribution in [-0.4, -0.2) is 166 Å². The van der Waals surface area contributed by atoms with Gasteiger partial charge in [-0.25, -0.2) is 65.5 Å². The standard InChI is InChI=1S/C26H24ClFN4O4S.C26H24ClN3O4S.C24H28ClN3O5S.C20H22ClN3O5S2/c1-17-11-19(27)14-23(12-17)36-24-6-5-18(16-29)13-25(24)37(34,35)32-9-7-21(8-10-32)30-26(33)31-22-4-2-3-20(28)15-22;1-18-13-21(27)16-23(14-18)34-24-8-7-19(17-28)15-25(24)35(32,33)30-11-9-22(10-12-30)29-26(31)20-5-3-2-4-6-20;1-16-11-18(25)14-20(12-16)32-21-6-5-17(15-26)13-22(21)34(30,31)27-19-7-9-28(10-8-19)23(29)33-24(2,3)4;1-14-9-16(21)12-18(10-14)29-19-4-3-15(13-22)11-20(19)31(27,28)24-7-5-17(6-8-24)23-30(2,25)26/h2-6,11-15,21H,7-10H2,1H3,(H2,30,31,33);2-8,13-16,22H,9-12H2,1H3,(H,29,31);5-6,11-14,19,27H,7-10H2,1-4H3;3-4,9-12,17,23H,5-8H2,1-2H3. The fourth-order valence-corrected chi connectivity index (χ4v) is 23.2. The number of aryl methyl sites for hydroxylation is 4. The molecule has 137 heavy (non-hydrogen) atoms. The SMILES string of the molecule is Cc1cc(Cl)cc(Oc2ccc(C#N)cc2S(=O)(=O)N2CCC(NC(=O)Nc3cccc(F)c3)CC2)c1.Cc1cc(Cl)cc(Oc2ccc(C#N)cc2S(=O)(=O)N2CCC(NC(=O)c3ccccc3)CC2)c1.Cc1cc(Cl)cc(Oc2ccc(C#N)cc2S(=O)(=O)N2CCC(NS(C)(=O)=O)CC2)c1.Cc1cc(Cl)cc(Oc2ccc(C#N)cc2S(=O)(=O)NC2CCN(C(=O)OC(C)(C)C)CC2)c1. The normalized spacial score (nSPS) is 15.1. The number of carbonyl (C=O) groups excluding carboxylic acids is 3. The molecular formula is C96H98Cl4FN13O18S5. The molecule has 0 bridgehead atoms. The van der Waals surface area contributed by atoms with Crippen molar-refractivity contribution < 1.29 is 84.5 Å². The number of nitrogens with zero attached hydrogens (tertiary/aromatic N) is 8. The first kappa shape index (κ1) is 105. The number of piperidine rings is 4. The van der Waals surface area contributed by atoms with Gasteiger partial charge in [0.15, 0.2) is 0 Å². The molecule has 0 atom stereocenters. The van der Waals surface area contributed by atoms with Crippen LogP contribution < -0.4 is 44.3 Å². The smallest absolute Gasteiger partial charge is 0.410 e. The van der Waals surface area contributed by atoms with E-state index in [1.54, 1.807) is 129 Å². The number of hydrogen-bond acceptors (Lipinski definition) is 22. The lowest BCUT2D eigenvalue weighted by molar-refractivity contribution is 0.0203. The van der Waals surface area contributed by atoms with Gasteiger partial charge in [0, 0.05) is 108 Å². The van der Waals surface area contributed by atoms with Gasteiger partial charge in [0.25, 0.3) is 5.91 Å².